The van der Waals surface area contributed by atoms with E-state index in [0.717, 1.165) is 0 Å². The molecule has 0 bridgehead atoms. The normalized spacial score (nSPS) is 11.6. The van der Waals surface area contributed by atoms with Crippen molar-refractivity contribution in [2.45, 2.75) is 0 Å². The minimum Gasteiger partial charge on any atom is -0.549 e. The molecule has 0 saturated heterocycles. The molecule has 0 aliphatic carbocycles. The van der Waals surface area contributed by atoms with Gasteiger partial charge >= 0.3 is 29.6 Å². The Labute approximate surface area is 72.2 Å². The second-order valence-corrected chi connectivity index (χ2v) is 2.52. The zero-order valence-corrected chi connectivity index (χ0v) is 7.66. The van der Waals surface area contributed by atoms with Crippen molar-refractivity contribution < 1.29 is 43.7 Å². The SMILES string of the molecule is CS(=O)CC(=O)[O-].[Na+]. The van der Waals surface area contributed by atoms with Crippen LogP contribution in [0.4, 0.5) is 0 Å². The average molecular weight is 144 g/mol. The van der Waals surface area contributed by atoms with Crippen LogP contribution in [0.1, 0.15) is 0 Å². The van der Waals surface area contributed by atoms with Crippen molar-refractivity contribution >= 4 is 16.8 Å². The van der Waals surface area contributed by atoms with Gasteiger partial charge in [0.05, 0.1) is 11.7 Å². The van der Waals surface area contributed by atoms with Crippen LogP contribution in [0.15, 0.2) is 0 Å². The van der Waals surface area contributed by atoms with Gasteiger partial charge in [-0.2, -0.15) is 0 Å². The monoisotopic (exact) mass is 144 g/mol. The van der Waals surface area contributed by atoms with Gasteiger partial charge in [-0.1, -0.05) is 0 Å². The van der Waals surface area contributed by atoms with Crippen LogP contribution in [0.2, 0.25) is 0 Å². The van der Waals surface area contributed by atoms with Gasteiger partial charge in [0, 0.05) is 17.1 Å². The summed E-state index contributed by atoms with van der Waals surface area (Å²) in [5.74, 6) is -1.62. The standard InChI is InChI=1S/C3H6O3S.Na/c1-7(6)2-3(4)5;/h2H2,1H3,(H,4,5);/q;+1/p-1. The molecule has 0 N–H and O–H groups in total. The van der Waals surface area contributed by atoms with Gasteiger partial charge in [0.2, 0.25) is 0 Å². The second-order valence-electron chi connectivity index (χ2n) is 1.09. The summed E-state index contributed by atoms with van der Waals surface area (Å²) in [6.45, 7) is 0. The Morgan fingerprint density at radius 1 is 1.75 bits per heavy atom. The van der Waals surface area contributed by atoms with Crippen LogP contribution in [-0.2, 0) is 15.6 Å². The molecule has 42 valence electrons. The van der Waals surface area contributed by atoms with Crippen molar-refractivity contribution in [3.8, 4) is 0 Å². The molecule has 0 radical (unpaired) electrons. The van der Waals surface area contributed by atoms with E-state index in [-0.39, 0.29) is 35.3 Å². The van der Waals surface area contributed by atoms with Gasteiger partial charge in [-0.3, -0.25) is 4.21 Å². The summed E-state index contributed by atoms with van der Waals surface area (Å²) in [6, 6.07) is 0. The maximum atomic E-state index is 9.94. The van der Waals surface area contributed by atoms with E-state index in [1.807, 2.05) is 0 Å². The maximum Gasteiger partial charge on any atom is 1.00 e. The van der Waals surface area contributed by atoms with Gasteiger partial charge < -0.3 is 9.90 Å². The molecule has 0 fully saturated rings. The number of carbonyl (C=O) groups excluding carboxylic acids is 1. The Hall–Kier alpha value is 0.620. The molecule has 1 atom stereocenters. The fraction of sp³-hybridized carbons (Fsp3) is 0.667. The molecular weight excluding hydrogens is 139 g/mol. The van der Waals surface area contributed by atoms with Gasteiger partial charge in [0.15, 0.2) is 0 Å². The molecule has 0 aromatic rings. The Bertz CT molecular complexity index is 90.7. The molecule has 1 unspecified atom stereocenters. The number of aliphatic carboxylic acids is 1. The first kappa shape index (κ1) is 11.4. The number of hydrogen-bond acceptors (Lipinski definition) is 3. The molecule has 0 amide bonds. The predicted octanol–water partition coefficient (Wildman–Crippen LogP) is -4.88. The summed E-state index contributed by atoms with van der Waals surface area (Å²) in [4.78, 5) is 9.51. The number of hydrogen-bond donors (Lipinski definition) is 0. The molecule has 0 aliphatic rings. The van der Waals surface area contributed by atoms with Crippen molar-refractivity contribution in [1.29, 1.82) is 0 Å². The average Bonchev–Trinajstić information content (AvgIpc) is 1.27. The van der Waals surface area contributed by atoms with Crippen molar-refractivity contribution in [1.82, 2.24) is 0 Å². The predicted molar refractivity (Wildman–Crippen MR) is 23.9 cm³/mol. The van der Waals surface area contributed by atoms with Crippen LogP contribution >= 0.6 is 0 Å². The number of carboxylic acid groups (broad SMARTS) is 1. The van der Waals surface area contributed by atoms with Crippen LogP contribution in [-0.4, -0.2) is 22.2 Å². The van der Waals surface area contributed by atoms with E-state index in [1.165, 1.54) is 6.26 Å². The Morgan fingerprint density at radius 2 is 2.12 bits per heavy atom. The zero-order chi connectivity index (χ0) is 5.86. The molecule has 5 heteroatoms. The van der Waals surface area contributed by atoms with E-state index in [1.54, 1.807) is 0 Å². The van der Waals surface area contributed by atoms with Gasteiger partial charge in [0.25, 0.3) is 0 Å². The molecule has 0 aliphatic heterocycles. The van der Waals surface area contributed by atoms with Gasteiger partial charge in [0.1, 0.15) is 0 Å². The van der Waals surface area contributed by atoms with Crippen molar-refractivity contribution in [3.63, 3.8) is 0 Å². The van der Waals surface area contributed by atoms with Crippen molar-refractivity contribution in [2.75, 3.05) is 12.0 Å². The first-order chi connectivity index (χ1) is 3.13. The topological polar surface area (TPSA) is 57.2 Å². The van der Waals surface area contributed by atoms with E-state index in [2.05, 4.69) is 0 Å². The van der Waals surface area contributed by atoms with E-state index < -0.39 is 16.8 Å². The van der Waals surface area contributed by atoms with Crippen LogP contribution in [0.5, 0.6) is 0 Å². The molecule has 0 spiro atoms. The fourth-order valence-electron chi connectivity index (χ4n) is 0.166. The summed E-state index contributed by atoms with van der Waals surface area (Å²) in [5, 5.41) is 9.51. The summed E-state index contributed by atoms with van der Waals surface area (Å²) < 4.78 is 9.94. The van der Waals surface area contributed by atoms with Crippen LogP contribution in [0.3, 0.4) is 0 Å². The first-order valence-electron chi connectivity index (χ1n) is 1.63. The molecule has 0 aromatic carbocycles. The van der Waals surface area contributed by atoms with E-state index in [0.29, 0.717) is 0 Å². The number of rotatable bonds is 2. The zero-order valence-electron chi connectivity index (χ0n) is 4.84. The Kier molecular flexibility index (Phi) is 8.21. The van der Waals surface area contributed by atoms with Gasteiger partial charge in [-0.05, 0) is 0 Å². The third kappa shape index (κ3) is 9.80. The second kappa shape index (κ2) is 5.75. The number of carbonyl (C=O) groups is 1. The minimum atomic E-state index is -1.26. The fourth-order valence-corrected chi connectivity index (χ4v) is 0.498. The summed E-state index contributed by atoms with van der Waals surface area (Å²) in [6.07, 6.45) is 1.32. The summed E-state index contributed by atoms with van der Waals surface area (Å²) in [5.41, 5.74) is 0. The first-order valence-corrected chi connectivity index (χ1v) is 3.35. The minimum absolute atomic E-state index is 0. The van der Waals surface area contributed by atoms with Crippen molar-refractivity contribution in [3.05, 3.63) is 0 Å². The smallest absolute Gasteiger partial charge is 0.549 e. The largest absolute Gasteiger partial charge is 1.00 e. The molecule has 0 aromatic heterocycles. The Morgan fingerprint density at radius 3 is 2.12 bits per heavy atom. The molecule has 0 heterocycles. The summed E-state index contributed by atoms with van der Waals surface area (Å²) >= 11 is 0. The van der Waals surface area contributed by atoms with Crippen molar-refractivity contribution in [2.24, 2.45) is 0 Å². The van der Waals surface area contributed by atoms with Crippen LogP contribution in [0.25, 0.3) is 0 Å². The van der Waals surface area contributed by atoms with Gasteiger partial charge in [-0.15, -0.1) is 0 Å². The molecular formula is C3H5NaO3S. The maximum absolute atomic E-state index is 9.94. The van der Waals surface area contributed by atoms with Crippen LogP contribution in [0, 0.1) is 0 Å². The molecule has 8 heavy (non-hydrogen) atoms. The van der Waals surface area contributed by atoms with E-state index >= 15 is 0 Å². The number of carboxylic acids is 1. The quantitative estimate of drug-likeness (QED) is 0.365. The van der Waals surface area contributed by atoms with Crippen LogP contribution < -0.4 is 34.7 Å². The van der Waals surface area contributed by atoms with E-state index in [9.17, 15) is 14.1 Å². The third-order valence-corrected chi connectivity index (χ3v) is 0.963. The van der Waals surface area contributed by atoms with Gasteiger partial charge in [-0.25, -0.2) is 0 Å². The molecule has 0 rings (SSSR count). The Balaban J connectivity index is 0. The third-order valence-electron chi connectivity index (χ3n) is 0.321. The molecule has 0 saturated carbocycles. The molecule has 3 nitrogen and oxygen atoms in total. The summed E-state index contributed by atoms with van der Waals surface area (Å²) in [7, 11) is -1.26. The van der Waals surface area contributed by atoms with E-state index in [4.69, 9.17) is 0 Å².